The first-order valence-electron chi connectivity index (χ1n) is 6.63. The smallest absolute Gasteiger partial charge is 0.355 e. The van der Waals surface area contributed by atoms with Crippen LogP contribution in [0.15, 0.2) is 55.1 Å². The maximum Gasteiger partial charge on any atom is 0.355 e. The Balaban J connectivity index is 2.08. The van der Waals surface area contributed by atoms with Gasteiger partial charge in [0, 0.05) is 30.4 Å². The molecule has 0 fully saturated rings. The summed E-state index contributed by atoms with van der Waals surface area (Å²) < 4.78 is 0. The van der Waals surface area contributed by atoms with Gasteiger partial charge in [0.15, 0.2) is 11.5 Å². The van der Waals surface area contributed by atoms with Crippen LogP contribution in [0.5, 0.6) is 0 Å². The van der Waals surface area contributed by atoms with E-state index >= 15 is 0 Å². The molecule has 0 saturated carbocycles. The summed E-state index contributed by atoms with van der Waals surface area (Å²) >= 11 is 0. The van der Waals surface area contributed by atoms with Gasteiger partial charge in [-0.25, -0.2) is 14.8 Å². The van der Waals surface area contributed by atoms with Gasteiger partial charge >= 0.3 is 5.97 Å². The van der Waals surface area contributed by atoms with Crippen LogP contribution < -0.4 is 0 Å². The minimum atomic E-state index is -1.30. The minimum Gasteiger partial charge on any atom is -0.476 e. The maximum absolute atomic E-state index is 12.4. The summed E-state index contributed by atoms with van der Waals surface area (Å²) in [5.74, 6) is -1.63. The van der Waals surface area contributed by atoms with E-state index in [4.69, 9.17) is 0 Å². The first-order valence-corrected chi connectivity index (χ1v) is 6.63. The zero-order valence-electron chi connectivity index (χ0n) is 11.7. The SMILES string of the molecule is O=C(c1ccccn1)c1cnc(-c2ccncc2)nc1C(=O)O. The van der Waals surface area contributed by atoms with Crippen LogP contribution in [0.25, 0.3) is 11.4 Å². The molecule has 0 aliphatic heterocycles. The highest BCUT2D eigenvalue weighted by molar-refractivity contribution is 6.12. The fourth-order valence-corrected chi connectivity index (χ4v) is 1.99. The number of hydrogen-bond donors (Lipinski definition) is 1. The van der Waals surface area contributed by atoms with Crippen molar-refractivity contribution in [2.45, 2.75) is 0 Å². The molecule has 0 spiro atoms. The molecule has 0 atom stereocenters. The Hall–Kier alpha value is -3.48. The van der Waals surface area contributed by atoms with Gasteiger partial charge in [-0.15, -0.1) is 0 Å². The third-order valence-corrected chi connectivity index (χ3v) is 3.07. The number of ketones is 1. The monoisotopic (exact) mass is 306 g/mol. The normalized spacial score (nSPS) is 10.3. The molecule has 0 aliphatic carbocycles. The molecule has 7 heteroatoms. The summed E-state index contributed by atoms with van der Waals surface area (Å²) in [6, 6.07) is 8.12. The van der Waals surface area contributed by atoms with Crippen LogP contribution >= 0.6 is 0 Å². The van der Waals surface area contributed by atoms with Crippen LogP contribution in [0.3, 0.4) is 0 Å². The minimum absolute atomic E-state index is 0.103. The number of aromatic nitrogens is 4. The van der Waals surface area contributed by atoms with Crippen molar-refractivity contribution in [3.8, 4) is 11.4 Å². The van der Waals surface area contributed by atoms with Gasteiger partial charge in [-0.3, -0.25) is 14.8 Å². The Morgan fingerprint density at radius 3 is 2.39 bits per heavy atom. The van der Waals surface area contributed by atoms with Crippen LogP contribution in [0.4, 0.5) is 0 Å². The van der Waals surface area contributed by atoms with Crippen molar-refractivity contribution >= 4 is 11.8 Å². The fourth-order valence-electron chi connectivity index (χ4n) is 1.99. The second-order valence-corrected chi connectivity index (χ2v) is 4.54. The molecule has 112 valence electrons. The lowest BCUT2D eigenvalue weighted by Crippen LogP contribution is -2.14. The molecule has 0 amide bonds. The molecule has 0 saturated heterocycles. The van der Waals surface area contributed by atoms with Gasteiger partial charge in [-0.2, -0.15) is 0 Å². The number of carbonyl (C=O) groups is 2. The van der Waals surface area contributed by atoms with Crippen molar-refractivity contribution in [3.05, 3.63) is 72.1 Å². The third-order valence-electron chi connectivity index (χ3n) is 3.07. The predicted octanol–water partition coefficient (Wildman–Crippen LogP) is 1.86. The lowest BCUT2D eigenvalue weighted by Gasteiger charge is -2.06. The third kappa shape index (κ3) is 2.93. The highest BCUT2D eigenvalue weighted by Gasteiger charge is 2.22. The Labute approximate surface area is 130 Å². The molecule has 3 heterocycles. The lowest BCUT2D eigenvalue weighted by molar-refractivity contribution is 0.0686. The van der Waals surface area contributed by atoms with E-state index in [1.54, 1.807) is 36.7 Å². The van der Waals surface area contributed by atoms with Crippen molar-refractivity contribution in [1.29, 1.82) is 0 Å². The summed E-state index contributed by atoms with van der Waals surface area (Å²) in [5.41, 5.74) is 0.283. The van der Waals surface area contributed by atoms with Gasteiger partial charge in [0.1, 0.15) is 5.69 Å². The van der Waals surface area contributed by atoms with Crippen LogP contribution in [0.1, 0.15) is 26.5 Å². The lowest BCUT2D eigenvalue weighted by atomic mass is 10.1. The average molecular weight is 306 g/mol. The molecule has 3 aromatic rings. The summed E-state index contributed by atoms with van der Waals surface area (Å²) in [7, 11) is 0. The van der Waals surface area contributed by atoms with E-state index in [1.807, 2.05) is 0 Å². The number of carboxylic acids is 1. The van der Waals surface area contributed by atoms with Crippen LogP contribution in [-0.4, -0.2) is 36.8 Å². The second-order valence-electron chi connectivity index (χ2n) is 4.54. The van der Waals surface area contributed by atoms with Crippen molar-refractivity contribution in [3.63, 3.8) is 0 Å². The Morgan fingerprint density at radius 2 is 1.74 bits per heavy atom. The fraction of sp³-hybridized carbons (Fsp3) is 0. The van der Waals surface area contributed by atoms with E-state index in [-0.39, 0.29) is 22.8 Å². The Kier molecular flexibility index (Phi) is 3.84. The number of nitrogens with zero attached hydrogens (tertiary/aromatic N) is 4. The van der Waals surface area contributed by atoms with Crippen LogP contribution in [0.2, 0.25) is 0 Å². The number of hydrogen-bond acceptors (Lipinski definition) is 6. The first kappa shape index (κ1) is 14.5. The zero-order valence-corrected chi connectivity index (χ0v) is 11.7. The molecule has 3 rings (SSSR count). The van der Waals surface area contributed by atoms with Gasteiger partial charge in [0.05, 0.1) is 5.56 Å². The molecule has 7 nitrogen and oxygen atoms in total. The van der Waals surface area contributed by atoms with Gasteiger partial charge in [-0.1, -0.05) is 6.07 Å². The average Bonchev–Trinajstić information content (AvgIpc) is 2.62. The second kappa shape index (κ2) is 6.10. The molecule has 0 radical (unpaired) electrons. The number of pyridine rings is 2. The Morgan fingerprint density at radius 1 is 0.957 bits per heavy atom. The molecule has 3 aromatic heterocycles. The predicted molar refractivity (Wildman–Crippen MR) is 79.9 cm³/mol. The topological polar surface area (TPSA) is 106 Å². The largest absolute Gasteiger partial charge is 0.476 e. The summed E-state index contributed by atoms with van der Waals surface area (Å²) in [4.78, 5) is 39.8. The van der Waals surface area contributed by atoms with Crippen molar-refractivity contribution in [2.75, 3.05) is 0 Å². The molecule has 0 unspecified atom stereocenters. The maximum atomic E-state index is 12.4. The zero-order chi connectivity index (χ0) is 16.2. The molecular weight excluding hydrogens is 296 g/mol. The van der Waals surface area contributed by atoms with E-state index in [0.29, 0.717) is 5.56 Å². The number of rotatable bonds is 4. The van der Waals surface area contributed by atoms with Gasteiger partial charge in [-0.05, 0) is 24.3 Å². The highest BCUT2D eigenvalue weighted by atomic mass is 16.4. The van der Waals surface area contributed by atoms with Gasteiger partial charge in [0.25, 0.3) is 0 Å². The van der Waals surface area contributed by atoms with Crippen molar-refractivity contribution in [2.24, 2.45) is 0 Å². The van der Waals surface area contributed by atoms with Gasteiger partial charge < -0.3 is 5.11 Å². The first-order chi connectivity index (χ1) is 11.2. The number of carbonyl (C=O) groups excluding carboxylic acids is 1. The van der Waals surface area contributed by atoms with Crippen LogP contribution in [-0.2, 0) is 0 Å². The molecule has 1 N–H and O–H groups in total. The summed E-state index contributed by atoms with van der Waals surface area (Å²) in [6.07, 6.45) is 5.77. The molecule has 23 heavy (non-hydrogen) atoms. The van der Waals surface area contributed by atoms with Crippen molar-refractivity contribution < 1.29 is 14.7 Å². The van der Waals surface area contributed by atoms with E-state index in [2.05, 4.69) is 19.9 Å². The van der Waals surface area contributed by atoms with E-state index in [9.17, 15) is 14.7 Å². The summed E-state index contributed by atoms with van der Waals surface area (Å²) in [5, 5.41) is 9.36. The molecule has 0 aliphatic rings. The Bertz CT molecular complexity index is 867. The van der Waals surface area contributed by atoms with E-state index < -0.39 is 11.8 Å². The van der Waals surface area contributed by atoms with Crippen molar-refractivity contribution in [1.82, 2.24) is 19.9 Å². The highest BCUT2D eigenvalue weighted by Crippen LogP contribution is 2.17. The number of aromatic carboxylic acids is 1. The number of carboxylic acid groups (broad SMARTS) is 1. The van der Waals surface area contributed by atoms with Crippen LogP contribution in [0, 0.1) is 0 Å². The van der Waals surface area contributed by atoms with E-state index in [1.165, 1.54) is 18.5 Å². The summed E-state index contributed by atoms with van der Waals surface area (Å²) in [6.45, 7) is 0. The molecule has 0 bridgehead atoms. The quantitative estimate of drug-likeness (QED) is 0.733. The van der Waals surface area contributed by atoms with E-state index in [0.717, 1.165) is 0 Å². The van der Waals surface area contributed by atoms with Gasteiger partial charge in [0.2, 0.25) is 5.78 Å². The standard InChI is InChI=1S/C16H10N4O3/c21-14(12-3-1-2-6-18-12)11-9-19-15(20-13(11)16(22)23)10-4-7-17-8-5-10/h1-9H,(H,22,23). The molecular formula is C16H10N4O3. The molecule has 0 aromatic carbocycles.